The van der Waals surface area contributed by atoms with Crippen LogP contribution in [0.4, 0.5) is 11.4 Å². The van der Waals surface area contributed by atoms with Gasteiger partial charge in [0.1, 0.15) is 6.54 Å². The molecule has 0 saturated carbocycles. The molecule has 0 spiro atoms. The van der Waals surface area contributed by atoms with Gasteiger partial charge in [-0.05, 0) is 52.7 Å². The van der Waals surface area contributed by atoms with Crippen molar-refractivity contribution in [2.24, 2.45) is 0 Å². The molecule has 2 amide bonds. The molecule has 0 aliphatic carbocycles. The lowest BCUT2D eigenvalue weighted by atomic mass is 10.2. The van der Waals surface area contributed by atoms with Gasteiger partial charge in [-0.2, -0.15) is 0 Å². The fourth-order valence-corrected chi connectivity index (χ4v) is 2.60. The fraction of sp³-hybridized carbons (Fsp3) is 0.176. The van der Waals surface area contributed by atoms with Crippen molar-refractivity contribution in [2.45, 2.75) is 13.8 Å². The van der Waals surface area contributed by atoms with Crippen molar-refractivity contribution < 1.29 is 9.59 Å². The van der Waals surface area contributed by atoms with E-state index in [2.05, 4.69) is 21.2 Å². The molecule has 22 heavy (non-hydrogen) atoms. The molecule has 0 aromatic heterocycles. The van der Waals surface area contributed by atoms with Gasteiger partial charge in [0.05, 0.1) is 5.69 Å². The van der Waals surface area contributed by atoms with Gasteiger partial charge < -0.3 is 10.2 Å². The molecule has 0 bridgehead atoms. The van der Waals surface area contributed by atoms with Crippen LogP contribution in [0, 0.1) is 6.92 Å². The van der Waals surface area contributed by atoms with Gasteiger partial charge in [-0.25, -0.2) is 0 Å². The number of anilines is 2. The molecule has 0 saturated heterocycles. The highest BCUT2D eigenvalue weighted by Gasteiger charge is 2.17. The van der Waals surface area contributed by atoms with E-state index in [0.29, 0.717) is 5.69 Å². The molecule has 114 valence electrons. The quantitative estimate of drug-likeness (QED) is 0.902. The van der Waals surface area contributed by atoms with E-state index < -0.39 is 0 Å². The van der Waals surface area contributed by atoms with Crippen molar-refractivity contribution >= 4 is 39.1 Å². The zero-order chi connectivity index (χ0) is 16.1. The van der Waals surface area contributed by atoms with Gasteiger partial charge in [0.15, 0.2) is 0 Å². The zero-order valence-electron chi connectivity index (χ0n) is 12.5. The number of hydrogen-bond donors (Lipinski definition) is 1. The molecule has 0 atom stereocenters. The Balaban J connectivity index is 2.13. The van der Waals surface area contributed by atoms with Crippen LogP contribution < -0.4 is 10.2 Å². The lowest BCUT2D eigenvalue weighted by molar-refractivity contribution is -0.120. The molecule has 0 aliphatic heterocycles. The maximum absolute atomic E-state index is 12.2. The summed E-state index contributed by atoms with van der Waals surface area (Å²) in [5.41, 5.74) is 2.46. The van der Waals surface area contributed by atoms with Gasteiger partial charge in [0.25, 0.3) is 0 Å². The van der Waals surface area contributed by atoms with Crippen molar-refractivity contribution in [3.8, 4) is 0 Å². The number of nitrogens with one attached hydrogen (secondary N) is 1. The van der Waals surface area contributed by atoms with Crippen LogP contribution in [-0.4, -0.2) is 18.4 Å². The Labute approximate surface area is 138 Å². The number of benzene rings is 2. The van der Waals surface area contributed by atoms with E-state index in [1.54, 1.807) is 6.07 Å². The van der Waals surface area contributed by atoms with E-state index in [0.717, 1.165) is 15.7 Å². The molecule has 2 aromatic carbocycles. The second kappa shape index (κ2) is 7.22. The van der Waals surface area contributed by atoms with E-state index in [1.165, 1.54) is 11.8 Å². The SMILES string of the molecule is CC(=O)N(CC(=O)Nc1cccc(C)c1)c1ccccc1Br. The minimum absolute atomic E-state index is 0.0358. The second-order valence-electron chi connectivity index (χ2n) is 4.97. The fourth-order valence-electron chi connectivity index (χ4n) is 2.10. The summed E-state index contributed by atoms with van der Waals surface area (Å²) in [4.78, 5) is 25.5. The number of amides is 2. The maximum atomic E-state index is 12.2. The molecule has 2 aromatic rings. The predicted molar refractivity (Wildman–Crippen MR) is 92.0 cm³/mol. The number of aryl methyl sites for hydroxylation is 1. The van der Waals surface area contributed by atoms with E-state index in [4.69, 9.17) is 0 Å². The number of carbonyl (C=O) groups excluding carboxylic acids is 2. The van der Waals surface area contributed by atoms with Crippen LogP contribution >= 0.6 is 15.9 Å². The van der Waals surface area contributed by atoms with Crippen LogP contribution in [0.5, 0.6) is 0 Å². The summed E-state index contributed by atoms with van der Waals surface area (Å²) in [6.07, 6.45) is 0. The molecule has 0 fully saturated rings. The third-order valence-corrected chi connectivity index (χ3v) is 3.80. The first kappa shape index (κ1) is 16.2. The van der Waals surface area contributed by atoms with Crippen molar-refractivity contribution in [3.05, 3.63) is 58.6 Å². The average Bonchev–Trinajstić information content (AvgIpc) is 2.45. The molecule has 4 nitrogen and oxygen atoms in total. The smallest absolute Gasteiger partial charge is 0.244 e. The molecule has 0 heterocycles. The van der Waals surface area contributed by atoms with Crippen molar-refractivity contribution in [1.29, 1.82) is 0 Å². The highest BCUT2D eigenvalue weighted by Crippen LogP contribution is 2.25. The second-order valence-corrected chi connectivity index (χ2v) is 5.83. The third kappa shape index (κ3) is 4.18. The number of carbonyl (C=O) groups is 2. The normalized spacial score (nSPS) is 10.1. The molecule has 5 heteroatoms. The number of halogens is 1. The molecule has 0 unspecified atom stereocenters. The minimum atomic E-state index is -0.239. The molecular weight excluding hydrogens is 344 g/mol. The van der Waals surface area contributed by atoms with Crippen LogP contribution in [0.25, 0.3) is 0 Å². The summed E-state index contributed by atoms with van der Waals surface area (Å²) in [5, 5.41) is 2.81. The Morgan fingerprint density at radius 2 is 1.86 bits per heavy atom. The number of hydrogen-bond acceptors (Lipinski definition) is 2. The molecule has 2 rings (SSSR count). The van der Waals surface area contributed by atoms with E-state index >= 15 is 0 Å². The van der Waals surface area contributed by atoms with Crippen molar-refractivity contribution in [1.82, 2.24) is 0 Å². The molecule has 0 radical (unpaired) electrons. The zero-order valence-corrected chi connectivity index (χ0v) is 14.1. The van der Waals surface area contributed by atoms with Crippen LogP contribution in [0.1, 0.15) is 12.5 Å². The van der Waals surface area contributed by atoms with Gasteiger partial charge in [-0.1, -0.05) is 24.3 Å². The summed E-state index contributed by atoms with van der Waals surface area (Å²) >= 11 is 3.41. The largest absolute Gasteiger partial charge is 0.325 e. The Hall–Kier alpha value is -2.14. The van der Waals surface area contributed by atoms with Crippen molar-refractivity contribution in [2.75, 3.05) is 16.8 Å². The van der Waals surface area contributed by atoms with E-state index in [1.807, 2.05) is 49.4 Å². The minimum Gasteiger partial charge on any atom is -0.325 e. The van der Waals surface area contributed by atoms with Gasteiger partial charge in [-0.3, -0.25) is 9.59 Å². The van der Waals surface area contributed by atoms with Crippen LogP contribution in [-0.2, 0) is 9.59 Å². The summed E-state index contributed by atoms with van der Waals surface area (Å²) in [5.74, 6) is -0.428. The average molecular weight is 361 g/mol. The van der Waals surface area contributed by atoms with Gasteiger partial charge in [-0.15, -0.1) is 0 Å². The summed E-state index contributed by atoms with van der Waals surface area (Å²) in [7, 11) is 0. The Kier molecular flexibility index (Phi) is 5.33. The predicted octanol–water partition coefficient (Wildman–Crippen LogP) is 3.75. The van der Waals surface area contributed by atoms with Crippen LogP contribution in [0.15, 0.2) is 53.0 Å². The number of para-hydroxylation sites is 1. The topological polar surface area (TPSA) is 49.4 Å². The monoisotopic (exact) mass is 360 g/mol. The Morgan fingerprint density at radius 1 is 1.14 bits per heavy atom. The first-order valence-electron chi connectivity index (χ1n) is 6.86. The number of nitrogens with zero attached hydrogens (tertiary/aromatic N) is 1. The van der Waals surface area contributed by atoms with Gasteiger partial charge in [0, 0.05) is 17.1 Å². The van der Waals surface area contributed by atoms with E-state index in [-0.39, 0.29) is 18.4 Å². The van der Waals surface area contributed by atoms with E-state index in [9.17, 15) is 9.59 Å². The van der Waals surface area contributed by atoms with Gasteiger partial charge in [0.2, 0.25) is 11.8 Å². The third-order valence-electron chi connectivity index (χ3n) is 3.13. The summed E-state index contributed by atoms with van der Waals surface area (Å²) in [6.45, 7) is 3.36. The lowest BCUT2D eigenvalue weighted by Crippen LogP contribution is -2.36. The lowest BCUT2D eigenvalue weighted by Gasteiger charge is -2.22. The molecular formula is C17H17BrN2O2. The van der Waals surface area contributed by atoms with Crippen LogP contribution in [0.2, 0.25) is 0 Å². The highest BCUT2D eigenvalue weighted by molar-refractivity contribution is 9.10. The first-order valence-corrected chi connectivity index (χ1v) is 7.66. The summed E-state index contributed by atoms with van der Waals surface area (Å²) < 4.78 is 0.772. The first-order chi connectivity index (χ1) is 10.5. The standard InChI is InChI=1S/C17H17BrN2O2/c1-12-6-5-7-14(10-12)19-17(22)11-20(13(2)21)16-9-4-3-8-15(16)18/h3-10H,11H2,1-2H3,(H,19,22). The highest BCUT2D eigenvalue weighted by atomic mass is 79.9. The molecule has 1 N–H and O–H groups in total. The Morgan fingerprint density at radius 3 is 2.50 bits per heavy atom. The molecule has 0 aliphatic rings. The Bertz CT molecular complexity index is 701. The summed E-state index contributed by atoms with van der Waals surface area (Å²) in [6, 6.07) is 14.9. The van der Waals surface area contributed by atoms with Crippen LogP contribution in [0.3, 0.4) is 0 Å². The van der Waals surface area contributed by atoms with Gasteiger partial charge >= 0.3 is 0 Å². The van der Waals surface area contributed by atoms with Crippen molar-refractivity contribution in [3.63, 3.8) is 0 Å². The number of rotatable bonds is 4. The maximum Gasteiger partial charge on any atom is 0.244 e.